The molecule has 0 aliphatic carbocycles. The van der Waals surface area contributed by atoms with E-state index in [1.54, 1.807) is 19.0 Å². The van der Waals surface area contributed by atoms with E-state index >= 15 is 0 Å². The van der Waals surface area contributed by atoms with Crippen LogP contribution in [0.4, 0.5) is 11.9 Å². The van der Waals surface area contributed by atoms with Gasteiger partial charge in [-0.05, 0) is 13.0 Å². The van der Waals surface area contributed by atoms with Gasteiger partial charge >= 0.3 is 0 Å². The number of hydrogen-bond acceptors (Lipinski definition) is 9. The number of nitrogens with one attached hydrogen (secondary N) is 1. The molecule has 0 atom stereocenters. The van der Waals surface area contributed by atoms with Crippen LogP contribution in [0.15, 0.2) is 28.8 Å². The Kier molecular flexibility index (Phi) is 5.78. The minimum absolute atomic E-state index is 0.109. The Balaban J connectivity index is 1.53. The van der Waals surface area contributed by atoms with Crippen molar-refractivity contribution >= 4 is 17.8 Å². The van der Waals surface area contributed by atoms with Crippen molar-refractivity contribution in [3.05, 3.63) is 41.5 Å². The first-order chi connectivity index (χ1) is 13.4. The molecule has 0 spiro atoms. The van der Waals surface area contributed by atoms with Gasteiger partial charge < -0.3 is 20.5 Å². The van der Waals surface area contributed by atoms with Gasteiger partial charge in [-0.15, -0.1) is 0 Å². The number of amides is 1. The van der Waals surface area contributed by atoms with Crippen LogP contribution in [-0.4, -0.2) is 45.1 Å². The second kappa shape index (κ2) is 8.42. The van der Waals surface area contributed by atoms with Gasteiger partial charge in [0.15, 0.2) is 5.82 Å². The topological polar surface area (TPSA) is 136 Å². The van der Waals surface area contributed by atoms with E-state index in [1.807, 2.05) is 31.2 Å². The third-order valence-electron chi connectivity index (χ3n) is 3.84. The van der Waals surface area contributed by atoms with Crippen molar-refractivity contribution < 1.29 is 9.32 Å². The van der Waals surface area contributed by atoms with Crippen molar-refractivity contribution in [2.75, 3.05) is 24.7 Å². The second-order valence-electron chi connectivity index (χ2n) is 6.46. The molecule has 3 rings (SSSR count). The van der Waals surface area contributed by atoms with Gasteiger partial charge in [0, 0.05) is 32.5 Å². The molecule has 3 aromatic rings. The summed E-state index contributed by atoms with van der Waals surface area (Å²) in [6.45, 7) is 2.15. The van der Waals surface area contributed by atoms with Crippen LogP contribution in [0.25, 0.3) is 11.4 Å². The molecule has 0 saturated carbocycles. The normalized spacial score (nSPS) is 10.7. The number of hydrogen-bond donors (Lipinski definition) is 2. The molecule has 28 heavy (non-hydrogen) atoms. The summed E-state index contributed by atoms with van der Waals surface area (Å²) in [6.07, 6.45) is 0.545. The standard InChI is InChI=1S/C18H22N8O2/c1-11-5-4-6-12(9-11)16-23-15(28-25-16)8-7-14(27)20-10-13-21-17(19)24-18(22-13)26(2)3/h4-6,9H,7-8,10H2,1-3H3,(H,20,27)(H2,19,21,22,24). The quantitative estimate of drug-likeness (QED) is 0.616. The zero-order chi connectivity index (χ0) is 20.1. The summed E-state index contributed by atoms with van der Waals surface area (Å²) in [6, 6.07) is 7.82. The Bertz CT molecular complexity index is 970. The predicted octanol–water partition coefficient (Wildman–Crippen LogP) is 1.13. The number of nitrogen functional groups attached to an aromatic ring is 1. The molecule has 10 nitrogen and oxygen atoms in total. The first-order valence-corrected chi connectivity index (χ1v) is 8.75. The fraction of sp³-hybridized carbons (Fsp3) is 0.333. The van der Waals surface area contributed by atoms with Crippen LogP contribution in [0.3, 0.4) is 0 Å². The fourth-order valence-corrected chi connectivity index (χ4v) is 2.45. The van der Waals surface area contributed by atoms with Gasteiger partial charge in [-0.3, -0.25) is 4.79 Å². The van der Waals surface area contributed by atoms with E-state index in [-0.39, 0.29) is 24.8 Å². The third-order valence-corrected chi connectivity index (χ3v) is 3.84. The molecule has 146 valence electrons. The van der Waals surface area contributed by atoms with E-state index in [1.165, 1.54) is 0 Å². The number of nitrogens with two attached hydrogens (primary N) is 1. The molecule has 2 aromatic heterocycles. The average Bonchev–Trinajstić information content (AvgIpc) is 3.13. The van der Waals surface area contributed by atoms with Crippen molar-refractivity contribution in [3.8, 4) is 11.4 Å². The summed E-state index contributed by atoms with van der Waals surface area (Å²) >= 11 is 0. The van der Waals surface area contributed by atoms with Gasteiger partial charge in [-0.25, -0.2) is 0 Å². The molecule has 1 amide bonds. The number of carbonyl (C=O) groups excluding carboxylic acids is 1. The first-order valence-electron chi connectivity index (χ1n) is 8.75. The van der Waals surface area contributed by atoms with E-state index in [0.29, 0.717) is 29.9 Å². The number of carbonyl (C=O) groups is 1. The SMILES string of the molecule is Cc1cccc(-c2noc(CCC(=O)NCc3nc(N)nc(N(C)C)n3)n2)c1. The third kappa shape index (κ3) is 5.00. The summed E-state index contributed by atoms with van der Waals surface area (Å²) in [4.78, 5) is 30.4. The molecule has 3 N–H and O–H groups in total. The number of anilines is 2. The smallest absolute Gasteiger partial charge is 0.229 e. The summed E-state index contributed by atoms with van der Waals surface area (Å²) in [5.74, 6) is 1.68. The molecule has 2 heterocycles. The number of rotatable bonds is 7. The number of aryl methyl sites for hydroxylation is 2. The van der Waals surface area contributed by atoms with Gasteiger partial charge in [0.1, 0.15) is 0 Å². The number of benzene rings is 1. The minimum Gasteiger partial charge on any atom is -0.368 e. The summed E-state index contributed by atoms with van der Waals surface area (Å²) in [7, 11) is 3.60. The first kappa shape index (κ1) is 19.2. The lowest BCUT2D eigenvalue weighted by atomic mass is 10.1. The van der Waals surface area contributed by atoms with Crippen molar-refractivity contribution in [2.24, 2.45) is 0 Å². The van der Waals surface area contributed by atoms with Crippen molar-refractivity contribution in [2.45, 2.75) is 26.3 Å². The molecular formula is C18H22N8O2. The Labute approximate surface area is 162 Å². The average molecular weight is 382 g/mol. The van der Waals surface area contributed by atoms with Crippen LogP contribution in [-0.2, 0) is 17.8 Å². The van der Waals surface area contributed by atoms with Crippen LogP contribution >= 0.6 is 0 Å². The lowest BCUT2D eigenvalue weighted by Crippen LogP contribution is -2.25. The van der Waals surface area contributed by atoms with Crippen molar-refractivity contribution in [3.63, 3.8) is 0 Å². The number of aromatic nitrogens is 5. The molecule has 10 heteroatoms. The zero-order valence-electron chi connectivity index (χ0n) is 16.0. The number of nitrogens with zero attached hydrogens (tertiary/aromatic N) is 6. The molecule has 0 radical (unpaired) electrons. The van der Waals surface area contributed by atoms with E-state index in [2.05, 4.69) is 30.4 Å². The molecule has 0 saturated heterocycles. The highest BCUT2D eigenvalue weighted by Crippen LogP contribution is 2.17. The van der Waals surface area contributed by atoms with Crippen LogP contribution in [0, 0.1) is 6.92 Å². The van der Waals surface area contributed by atoms with Crippen molar-refractivity contribution in [1.82, 2.24) is 30.4 Å². The largest absolute Gasteiger partial charge is 0.368 e. The molecule has 0 aliphatic rings. The van der Waals surface area contributed by atoms with E-state index in [9.17, 15) is 4.79 Å². The Morgan fingerprint density at radius 1 is 1.21 bits per heavy atom. The van der Waals surface area contributed by atoms with Gasteiger partial charge in [-0.1, -0.05) is 28.9 Å². The lowest BCUT2D eigenvalue weighted by molar-refractivity contribution is -0.121. The molecule has 1 aromatic carbocycles. The van der Waals surface area contributed by atoms with E-state index in [4.69, 9.17) is 10.3 Å². The second-order valence-corrected chi connectivity index (χ2v) is 6.46. The van der Waals surface area contributed by atoms with Crippen LogP contribution < -0.4 is 16.0 Å². The van der Waals surface area contributed by atoms with Gasteiger partial charge in [0.2, 0.25) is 29.5 Å². The molecule has 0 unspecified atom stereocenters. The van der Waals surface area contributed by atoms with Crippen LogP contribution in [0.2, 0.25) is 0 Å². The van der Waals surface area contributed by atoms with Crippen LogP contribution in [0.5, 0.6) is 0 Å². The molecule has 0 fully saturated rings. The molecule has 0 aliphatic heterocycles. The maximum atomic E-state index is 12.1. The highest BCUT2D eigenvalue weighted by Gasteiger charge is 2.12. The zero-order valence-corrected chi connectivity index (χ0v) is 16.0. The van der Waals surface area contributed by atoms with E-state index < -0.39 is 0 Å². The molecule has 0 bridgehead atoms. The fourth-order valence-electron chi connectivity index (χ4n) is 2.45. The van der Waals surface area contributed by atoms with Crippen LogP contribution in [0.1, 0.15) is 23.7 Å². The highest BCUT2D eigenvalue weighted by atomic mass is 16.5. The predicted molar refractivity (Wildman–Crippen MR) is 103 cm³/mol. The summed E-state index contributed by atoms with van der Waals surface area (Å²) < 4.78 is 5.23. The minimum atomic E-state index is -0.180. The lowest BCUT2D eigenvalue weighted by Gasteiger charge is -2.11. The van der Waals surface area contributed by atoms with Gasteiger partial charge in [0.05, 0.1) is 6.54 Å². The molecular weight excluding hydrogens is 360 g/mol. The Morgan fingerprint density at radius 2 is 2.04 bits per heavy atom. The maximum Gasteiger partial charge on any atom is 0.229 e. The Morgan fingerprint density at radius 3 is 2.79 bits per heavy atom. The summed E-state index contributed by atoms with van der Waals surface area (Å²) in [5, 5.41) is 6.72. The van der Waals surface area contributed by atoms with E-state index in [0.717, 1.165) is 11.1 Å². The van der Waals surface area contributed by atoms with Gasteiger partial charge in [-0.2, -0.15) is 19.9 Å². The van der Waals surface area contributed by atoms with Crippen molar-refractivity contribution in [1.29, 1.82) is 0 Å². The summed E-state index contributed by atoms with van der Waals surface area (Å²) in [5.41, 5.74) is 7.66. The Hall–Kier alpha value is -3.56. The maximum absolute atomic E-state index is 12.1. The van der Waals surface area contributed by atoms with Gasteiger partial charge in [0.25, 0.3) is 0 Å². The monoisotopic (exact) mass is 382 g/mol. The highest BCUT2D eigenvalue weighted by molar-refractivity contribution is 5.75.